The third-order valence-electron chi connectivity index (χ3n) is 3.41. The number of benzene rings is 1. The van der Waals surface area contributed by atoms with Gasteiger partial charge in [0.25, 0.3) is 0 Å². The van der Waals surface area contributed by atoms with Crippen LogP contribution in [-0.4, -0.2) is 49.5 Å². The third kappa shape index (κ3) is 6.68. The maximum Gasteiger partial charge on any atom is 0.315 e. The summed E-state index contributed by atoms with van der Waals surface area (Å²) in [6, 6.07) is 12.6. The third-order valence-corrected chi connectivity index (χ3v) is 3.41. The maximum absolute atomic E-state index is 11.8. The van der Waals surface area contributed by atoms with Crippen LogP contribution in [0.4, 0.5) is 10.6 Å². The second-order valence-electron chi connectivity index (χ2n) is 5.76. The van der Waals surface area contributed by atoms with Crippen molar-refractivity contribution >= 4 is 11.8 Å². The number of ether oxygens (including phenoxy) is 1. The summed E-state index contributed by atoms with van der Waals surface area (Å²) in [5, 5.41) is 15.2. The lowest BCUT2D eigenvalue weighted by molar-refractivity contribution is 0.108. The van der Waals surface area contributed by atoms with Gasteiger partial charge in [-0.2, -0.15) is 0 Å². The fourth-order valence-corrected chi connectivity index (χ4v) is 2.04. The molecule has 0 bridgehead atoms. The predicted octanol–water partition coefficient (Wildman–Crippen LogP) is 1.39. The first kappa shape index (κ1) is 18.5. The van der Waals surface area contributed by atoms with Crippen molar-refractivity contribution in [2.75, 3.05) is 32.1 Å². The quantitative estimate of drug-likeness (QED) is 0.674. The molecule has 25 heavy (non-hydrogen) atoms. The summed E-state index contributed by atoms with van der Waals surface area (Å²) in [5.41, 5.74) is 0.946. The average molecular weight is 344 g/mol. The Labute approximate surface area is 147 Å². The molecular formula is C18H24N4O3. The number of nitrogens with zero attached hydrogens (tertiary/aromatic N) is 2. The smallest absolute Gasteiger partial charge is 0.315 e. The molecule has 0 radical (unpaired) electrons. The highest BCUT2D eigenvalue weighted by Crippen LogP contribution is 2.09. The molecule has 0 saturated carbocycles. The summed E-state index contributed by atoms with van der Waals surface area (Å²) in [5.74, 6) is 1.51. The van der Waals surface area contributed by atoms with Crippen LogP contribution in [0.1, 0.15) is 5.56 Å². The number of aromatic nitrogens is 1. The molecule has 1 aromatic heterocycles. The number of rotatable bonds is 8. The zero-order valence-corrected chi connectivity index (χ0v) is 14.5. The molecule has 2 aromatic rings. The van der Waals surface area contributed by atoms with E-state index in [9.17, 15) is 9.90 Å². The Bertz CT molecular complexity index is 664. The van der Waals surface area contributed by atoms with Crippen LogP contribution in [0.25, 0.3) is 0 Å². The second kappa shape index (κ2) is 9.48. The Morgan fingerprint density at radius 3 is 2.72 bits per heavy atom. The highest BCUT2D eigenvalue weighted by atomic mass is 16.5. The number of anilines is 1. The Kier molecular flexibility index (Phi) is 7.03. The lowest BCUT2D eigenvalue weighted by Gasteiger charge is -2.14. The van der Waals surface area contributed by atoms with Gasteiger partial charge in [-0.25, -0.2) is 9.78 Å². The number of carbonyl (C=O) groups is 1. The fraction of sp³-hybridized carbons (Fsp3) is 0.333. The van der Waals surface area contributed by atoms with Crippen molar-refractivity contribution < 1.29 is 14.6 Å². The Balaban J connectivity index is 1.67. The number of nitrogens with one attached hydrogen (secondary N) is 2. The van der Waals surface area contributed by atoms with Crippen LogP contribution < -0.4 is 20.3 Å². The molecular weight excluding hydrogens is 320 g/mol. The van der Waals surface area contributed by atoms with Crippen molar-refractivity contribution in [3.05, 3.63) is 54.2 Å². The summed E-state index contributed by atoms with van der Waals surface area (Å²) in [4.78, 5) is 17.9. The highest BCUT2D eigenvalue weighted by Gasteiger charge is 2.08. The summed E-state index contributed by atoms with van der Waals surface area (Å²) in [6.07, 6.45) is 0.918. The van der Waals surface area contributed by atoms with Crippen LogP contribution in [0, 0.1) is 0 Å². The fourth-order valence-electron chi connectivity index (χ4n) is 2.04. The van der Waals surface area contributed by atoms with Crippen LogP contribution in [0.2, 0.25) is 0 Å². The molecule has 0 spiro atoms. The van der Waals surface area contributed by atoms with E-state index < -0.39 is 6.10 Å². The molecule has 7 nitrogen and oxygen atoms in total. The molecule has 134 valence electrons. The van der Waals surface area contributed by atoms with E-state index in [4.69, 9.17) is 4.74 Å². The first-order valence-corrected chi connectivity index (χ1v) is 8.04. The van der Waals surface area contributed by atoms with Crippen molar-refractivity contribution in [3.8, 4) is 5.75 Å². The van der Waals surface area contributed by atoms with E-state index in [0.717, 1.165) is 11.4 Å². The number of hydrogen-bond acceptors (Lipinski definition) is 5. The number of hydrogen-bond donors (Lipinski definition) is 3. The predicted molar refractivity (Wildman–Crippen MR) is 96.7 cm³/mol. The van der Waals surface area contributed by atoms with Gasteiger partial charge in [0.2, 0.25) is 0 Å². The first-order valence-electron chi connectivity index (χ1n) is 8.04. The van der Waals surface area contributed by atoms with Gasteiger partial charge in [0.05, 0.1) is 0 Å². The molecule has 2 amide bonds. The molecule has 1 heterocycles. The van der Waals surface area contributed by atoms with Gasteiger partial charge in [0.1, 0.15) is 24.3 Å². The lowest BCUT2D eigenvalue weighted by Crippen LogP contribution is -2.41. The topological polar surface area (TPSA) is 86.7 Å². The van der Waals surface area contributed by atoms with E-state index >= 15 is 0 Å². The summed E-state index contributed by atoms with van der Waals surface area (Å²) in [7, 11) is 3.82. The van der Waals surface area contributed by atoms with Crippen molar-refractivity contribution in [3.63, 3.8) is 0 Å². The van der Waals surface area contributed by atoms with Gasteiger partial charge >= 0.3 is 6.03 Å². The normalized spacial score (nSPS) is 11.5. The average Bonchev–Trinajstić information content (AvgIpc) is 2.64. The molecule has 0 aliphatic rings. The summed E-state index contributed by atoms with van der Waals surface area (Å²) >= 11 is 0. The maximum atomic E-state index is 11.8. The first-order chi connectivity index (χ1) is 12.0. The van der Waals surface area contributed by atoms with E-state index in [1.807, 2.05) is 61.5 Å². The number of urea groups is 1. The minimum atomic E-state index is -0.785. The molecule has 1 atom stereocenters. The van der Waals surface area contributed by atoms with Gasteiger partial charge in [0, 0.05) is 33.4 Å². The van der Waals surface area contributed by atoms with Gasteiger partial charge in [0.15, 0.2) is 0 Å². The van der Waals surface area contributed by atoms with E-state index in [-0.39, 0.29) is 19.2 Å². The van der Waals surface area contributed by atoms with E-state index in [0.29, 0.717) is 12.3 Å². The lowest BCUT2D eigenvalue weighted by atomic mass is 10.2. The summed E-state index contributed by atoms with van der Waals surface area (Å²) < 4.78 is 5.43. The van der Waals surface area contributed by atoms with Gasteiger partial charge < -0.3 is 25.4 Å². The zero-order valence-electron chi connectivity index (χ0n) is 14.5. The SMILES string of the molecule is CN(C)c1cc(CNC(=O)NC[C@@H](O)COc2ccccc2)ccn1. The number of amides is 2. The second-order valence-corrected chi connectivity index (χ2v) is 5.76. The van der Waals surface area contributed by atoms with Crippen LogP contribution in [0.15, 0.2) is 48.7 Å². The van der Waals surface area contributed by atoms with E-state index in [1.54, 1.807) is 6.20 Å². The van der Waals surface area contributed by atoms with Gasteiger partial charge in [-0.1, -0.05) is 18.2 Å². The van der Waals surface area contributed by atoms with Crippen LogP contribution in [0.3, 0.4) is 0 Å². The highest BCUT2D eigenvalue weighted by molar-refractivity contribution is 5.73. The number of pyridine rings is 1. The molecule has 7 heteroatoms. The monoisotopic (exact) mass is 344 g/mol. The number of aliphatic hydroxyl groups is 1. The number of para-hydroxylation sites is 1. The molecule has 0 saturated heterocycles. The van der Waals surface area contributed by atoms with Crippen LogP contribution >= 0.6 is 0 Å². The van der Waals surface area contributed by atoms with Crippen molar-refractivity contribution in [2.45, 2.75) is 12.6 Å². The Hall–Kier alpha value is -2.80. The Morgan fingerprint density at radius 2 is 2.00 bits per heavy atom. The van der Waals surface area contributed by atoms with Crippen molar-refractivity contribution in [2.24, 2.45) is 0 Å². The van der Waals surface area contributed by atoms with Crippen LogP contribution in [0.5, 0.6) is 5.75 Å². The number of aliphatic hydroxyl groups excluding tert-OH is 1. The van der Waals surface area contributed by atoms with Gasteiger partial charge in [-0.15, -0.1) is 0 Å². The summed E-state index contributed by atoms with van der Waals surface area (Å²) in [6.45, 7) is 0.602. The minimum absolute atomic E-state index is 0.109. The molecule has 2 rings (SSSR count). The number of carbonyl (C=O) groups excluding carboxylic acids is 1. The molecule has 0 aliphatic heterocycles. The zero-order chi connectivity index (χ0) is 18.1. The van der Waals surface area contributed by atoms with Crippen molar-refractivity contribution in [1.29, 1.82) is 0 Å². The van der Waals surface area contributed by atoms with Gasteiger partial charge in [-0.3, -0.25) is 0 Å². The van der Waals surface area contributed by atoms with E-state index in [1.165, 1.54) is 0 Å². The molecule has 0 aliphatic carbocycles. The molecule has 0 unspecified atom stereocenters. The van der Waals surface area contributed by atoms with Crippen molar-refractivity contribution in [1.82, 2.24) is 15.6 Å². The van der Waals surface area contributed by atoms with Crippen LogP contribution in [-0.2, 0) is 6.54 Å². The molecule has 0 fully saturated rings. The van der Waals surface area contributed by atoms with Gasteiger partial charge in [-0.05, 0) is 29.8 Å². The van der Waals surface area contributed by atoms with E-state index in [2.05, 4.69) is 15.6 Å². The molecule has 1 aromatic carbocycles. The standard InChI is InChI=1S/C18H24N4O3/c1-22(2)17-10-14(8-9-19-17)11-20-18(24)21-12-15(23)13-25-16-6-4-3-5-7-16/h3-10,15,23H,11-13H2,1-2H3,(H2,20,21,24)/t15-/m1/s1. The Morgan fingerprint density at radius 1 is 1.24 bits per heavy atom. The minimum Gasteiger partial charge on any atom is -0.491 e. The largest absolute Gasteiger partial charge is 0.491 e. The molecule has 3 N–H and O–H groups in total.